The Balaban J connectivity index is 1.60. The van der Waals surface area contributed by atoms with Crippen molar-refractivity contribution in [3.8, 4) is 0 Å². The second kappa shape index (κ2) is 7.34. The van der Waals surface area contributed by atoms with Crippen LogP contribution in [-0.2, 0) is 4.79 Å². The molecular weight excluding hydrogens is 424 g/mol. The minimum absolute atomic E-state index is 0.0204. The number of aliphatic hydroxyl groups is 2. The van der Waals surface area contributed by atoms with Crippen LogP contribution in [0.25, 0.3) is 0 Å². The Hall–Kier alpha value is -0.870. The zero-order valence-corrected chi connectivity index (χ0v) is 22.4. The summed E-state index contributed by atoms with van der Waals surface area (Å²) in [5.74, 6) is 0.395. The quantitative estimate of drug-likeness (QED) is 0.418. The molecule has 0 saturated heterocycles. The van der Waals surface area contributed by atoms with Crippen molar-refractivity contribution >= 4 is 5.97 Å². The molecule has 0 aliphatic heterocycles. The van der Waals surface area contributed by atoms with E-state index in [9.17, 15) is 20.1 Å². The zero-order chi connectivity index (χ0) is 24.9. The molecule has 0 amide bonds. The molecule has 0 aromatic carbocycles. The van der Waals surface area contributed by atoms with Crippen molar-refractivity contribution in [2.45, 2.75) is 112 Å². The highest BCUT2D eigenvalue weighted by Crippen LogP contribution is 2.75. The van der Waals surface area contributed by atoms with Gasteiger partial charge in [-0.2, -0.15) is 0 Å². The largest absolute Gasteiger partial charge is 0.481 e. The van der Waals surface area contributed by atoms with E-state index < -0.39 is 22.9 Å². The molecule has 0 heterocycles. The summed E-state index contributed by atoms with van der Waals surface area (Å²) >= 11 is 0. The van der Waals surface area contributed by atoms with Gasteiger partial charge in [0.15, 0.2) is 0 Å². The number of hydrogen-bond donors (Lipinski definition) is 3. The average Bonchev–Trinajstić information content (AvgIpc) is 2.76. The Bertz CT molecular complexity index is 907. The summed E-state index contributed by atoms with van der Waals surface area (Å²) in [7, 11) is 0. The molecule has 5 aliphatic rings. The van der Waals surface area contributed by atoms with Crippen molar-refractivity contribution in [3.63, 3.8) is 0 Å². The molecule has 4 heteroatoms. The van der Waals surface area contributed by atoms with E-state index in [-0.39, 0.29) is 34.2 Å². The summed E-state index contributed by atoms with van der Waals surface area (Å²) in [6, 6.07) is 0. The zero-order valence-electron chi connectivity index (χ0n) is 22.4. The molecule has 0 aromatic heterocycles. The maximum atomic E-state index is 12.8. The van der Waals surface area contributed by atoms with Crippen LogP contribution >= 0.6 is 0 Å². The first-order chi connectivity index (χ1) is 15.7. The number of fused-ring (bicyclic) bond motifs is 7. The van der Waals surface area contributed by atoms with Gasteiger partial charge in [0.1, 0.15) is 0 Å². The van der Waals surface area contributed by atoms with Crippen LogP contribution in [0.3, 0.4) is 0 Å². The third-order valence-electron chi connectivity index (χ3n) is 13.2. The lowest BCUT2D eigenvalue weighted by Crippen LogP contribution is -2.65. The average molecular weight is 473 g/mol. The molecule has 5 rings (SSSR count). The molecule has 0 spiro atoms. The molecule has 1 unspecified atom stereocenters. The second-order valence-electron chi connectivity index (χ2n) is 14.9. The lowest BCUT2D eigenvalue weighted by atomic mass is 9.33. The van der Waals surface area contributed by atoms with Gasteiger partial charge < -0.3 is 15.3 Å². The van der Waals surface area contributed by atoms with Gasteiger partial charge in [-0.25, -0.2) is 0 Å². The molecule has 5 aliphatic carbocycles. The highest BCUT2D eigenvalue weighted by atomic mass is 16.4. The van der Waals surface area contributed by atoms with Crippen LogP contribution in [0.4, 0.5) is 0 Å². The summed E-state index contributed by atoms with van der Waals surface area (Å²) in [5.41, 5.74) is 0.858. The SMILES string of the molecule is CC1(C)CC[C@]2(C(=O)O)CC[C@@]3(C)C(=CC[C@H]4[C@@]5(C)CCC(O)[C@](C)(CO)[C@@H]5CC[C@]43C)[C@H]2C1. The number of rotatable bonds is 2. The Kier molecular flexibility index (Phi) is 5.36. The van der Waals surface area contributed by atoms with Crippen LogP contribution < -0.4 is 0 Å². The van der Waals surface area contributed by atoms with Crippen molar-refractivity contribution in [1.29, 1.82) is 0 Å². The van der Waals surface area contributed by atoms with Crippen LogP contribution in [0.1, 0.15) is 106 Å². The Labute approximate surface area is 206 Å². The summed E-state index contributed by atoms with van der Waals surface area (Å²) < 4.78 is 0. The molecular formula is C30H48O4. The lowest BCUT2D eigenvalue weighted by Gasteiger charge is -2.71. The van der Waals surface area contributed by atoms with Crippen LogP contribution in [0, 0.1) is 50.2 Å². The van der Waals surface area contributed by atoms with Gasteiger partial charge in [-0.3, -0.25) is 4.79 Å². The van der Waals surface area contributed by atoms with E-state index in [1.807, 2.05) is 0 Å². The van der Waals surface area contributed by atoms with E-state index >= 15 is 0 Å². The van der Waals surface area contributed by atoms with E-state index in [4.69, 9.17) is 0 Å². The fraction of sp³-hybridized carbons (Fsp3) is 0.900. The first-order valence-corrected chi connectivity index (χ1v) is 13.9. The van der Waals surface area contributed by atoms with Crippen molar-refractivity contribution in [1.82, 2.24) is 0 Å². The number of carbonyl (C=O) groups is 1. The number of carboxylic acids is 1. The lowest BCUT2D eigenvalue weighted by molar-refractivity contribution is -0.216. The van der Waals surface area contributed by atoms with Crippen LogP contribution in [0.2, 0.25) is 0 Å². The first-order valence-electron chi connectivity index (χ1n) is 13.9. The molecule has 0 bridgehead atoms. The van der Waals surface area contributed by atoms with Crippen molar-refractivity contribution < 1.29 is 20.1 Å². The Morgan fingerprint density at radius 1 is 0.941 bits per heavy atom. The fourth-order valence-corrected chi connectivity index (χ4v) is 10.7. The highest BCUT2D eigenvalue weighted by molar-refractivity contribution is 5.76. The maximum Gasteiger partial charge on any atom is 0.310 e. The second-order valence-corrected chi connectivity index (χ2v) is 14.9. The molecule has 4 fully saturated rings. The minimum Gasteiger partial charge on any atom is -0.481 e. The predicted octanol–water partition coefficient (Wildman–Crippen LogP) is 6.21. The normalized spacial score (nSPS) is 54.1. The van der Waals surface area contributed by atoms with Gasteiger partial charge in [0.25, 0.3) is 0 Å². The molecule has 192 valence electrons. The molecule has 0 radical (unpaired) electrons. The number of hydrogen-bond acceptors (Lipinski definition) is 3. The van der Waals surface area contributed by atoms with Gasteiger partial charge in [-0.05, 0) is 104 Å². The fourth-order valence-electron chi connectivity index (χ4n) is 10.7. The molecule has 3 N–H and O–H groups in total. The smallest absolute Gasteiger partial charge is 0.310 e. The first kappa shape index (κ1) is 24.8. The van der Waals surface area contributed by atoms with E-state index in [1.54, 1.807) is 0 Å². The molecule has 34 heavy (non-hydrogen) atoms. The van der Waals surface area contributed by atoms with Gasteiger partial charge >= 0.3 is 5.97 Å². The molecule has 4 saturated carbocycles. The summed E-state index contributed by atoms with van der Waals surface area (Å²) in [4.78, 5) is 12.8. The number of aliphatic carboxylic acids is 1. The predicted molar refractivity (Wildman–Crippen MR) is 134 cm³/mol. The maximum absolute atomic E-state index is 12.8. The van der Waals surface area contributed by atoms with E-state index in [1.165, 1.54) is 5.57 Å². The van der Waals surface area contributed by atoms with Gasteiger partial charge in [0, 0.05) is 5.41 Å². The third-order valence-corrected chi connectivity index (χ3v) is 13.2. The Morgan fingerprint density at radius 2 is 1.62 bits per heavy atom. The third kappa shape index (κ3) is 2.88. The minimum atomic E-state index is -0.588. The van der Waals surface area contributed by atoms with Crippen molar-refractivity contribution in [3.05, 3.63) is 11.6 Å². The molecule has 4 nitrogen and oxygen atoms in total. The molecule has 0 aromatic rings. The number of aliphatic hydroxyl groups excluding tert-OH is 2. The van der Waals surface area contributed by atoms with Gasteiger partial charge in [-0.15, -0.1) is 0 Å². The summed E-state index contributed by atoms with van der Waals surface area (Å²) in [6.45, 7) is 14.3. The van der Waals surface area contributed by atoms with E-state index in [0.29, 0.717) is 11.8 Å². The van der Waals surface area contributed by atoms with Crippen molar-refractivity contribution in [2.75, 3.05) is 6.61 Å². The summed E-state index contributed by atoms with van der Waals surface area (Å²) in [5, 5.41) is 31.8. The van der Waals surface area contributed by atoms with E-state index in [2.05, 4.69) is 47.6 Å². The van der Waals surface area contributed by atoms with Gasteiger partial charge in [0.05, 0.1) is 18.1 Å². The number of allylic oxidation sites excluding steroid dienone is 2. The highest BCUT2D eigenvalue weighted by Gasteiger charge is 2.69. The number of carboxylic acid groups (broad SMARTS) is 1. The molecule has 9 atom stereocenters. The van der Waals surface area contributed by atoms with Crippen LogP contribution in [0.15, 0.2) is 11.6 Å². The topological polar surface area (TPSA) is 77.8 Å². The van der Waals surface area contributed by atoms with Gasteiger partial charge in [-0.1, -0.05) is 53.2 Å². The van der Waals surface area contributed by atoms with Crippen LogP contribution in [0.5, 0.6) is 0 Å². The standard InChI is InChI=1S/C30H48O4/c1-25(2)13-15-30(24(33)34)16-14-28(5)19(20(30)17-25)7-8-22-26(3)11-10-23(32)27(4,18-31)21(26)9-12-29(22,28)6/h7,20-23,31-32H,8-18H2,1-6H3,(H,33,34)/t20-,21-,22+,23?,26+,27-,28+,29-,30+/m1/s1. The summed E-state index contributed by atoms with van der Waals surface area (Å²) in [6.07, 6.45) is 11.6. The van der Waals surface area contributed by atoms with Crippen LogP contribution in [-0.4, -0.2) is 34.0 Å². The monoisotopic (exact) mass is 472 g/mol. The van der Waals surface area contributed by atoms with E-state index in [0.717, 1.165) is 64.2 Å². The Morgan fingerprint density at radius 3 is 2.26 bits per heavy atom. The van der Waals surface area contributed by atoms with Crippen molar-refractivity contribution in [2.24, 2.45) is 50.2 Å². The van der Waals surface area contributed by atoms with Gasteiger partial charge in [0.2, 0.25) is 0 Å².